The number of phenols is 1. The van der Waals surface area contributed by atoms with E-state index in [9.17, 15) is 5.11 Å². The smallest absolute Gasteiger partial charge is 0.119 e. The van der Waals surface area contributed by atoms with Gasteiger partial charge in [0.25, 0.3) is 0 Å². The quantitative estimate of drug-likeness (QED) is 0.727. The van der Waals surface area contributed by atoms with Crippen LogP contribution in [0.15, 0.2) is 54.6 Å². The van der Waals surface area contributed by atoms with Crippen LogP contribution in [-0.4, -0.2) is 35.7 Å². The van der Waals surface area contributed by atoms with E-state index in [1.54, 1.807) is 12.1 Å². The van der Waals surface area contributed by atoms with Crippen molar-refractivity contribution in [1.29, 1.82) is 0 Å². The molecule has 1 N–H and O–H groups in total. The molecule has 3 nitrogen and oxygen atoms in total. The molecule has 0 spiro atoms. The Bertz CT molecular complexity index is 603. The van der Waals surface area contributed by atoms with Crippen LogP contribution in [0.2, 0.25) is 0 Å². The van der Waals surface area contributed by atoms with Crippen LogP contribution in [0.3, 0.4) is 0 Å². The van der Waals surface area contributed by atoms with Gasteiger partial charge in [-0.1, -0.05) is 36.8 Å². The van der Waals surface area contributed by atoms with Gasteiger partial charge in [-0.25, -0.2) is 0 Å². The van der Waals surface area contributed by atoms with Crippen molar-refractivity contribution in [1.82, 2.24) is 4.90 Å². The van der Waals surface area contributed by atoms with Crippen molar-refractivity contribution in [3.05, 3.63) is 60.2 Å². The van der Waals surface area contributed by atoms with Crippen LogP contribution in [-0.2, 0) is 6.42 Å². The van der Waals surface area contributed by atoms with Crippen molar-refractivity contribution < 1.29 is 9.84 Å². The topological polar surface area (TPSA) is 32.7 Å². The van der Waals surface area contributed by atoms with E-state index in [2.05, 4.69) is 35.2 Å². The summed E-state index contributed by atoms with van der Waals surface area (Å²) in [6, 6.07) is 18.4. The predicted octanol–water partition coefficient (Wildman–Crippen LogP) is 4.68. The number of ether oxygens (including phenoxy) is 1. The van der Waals surface area contributed by atoms with Gasteiger partial charge in [0.05, 0.1) is 6.61 Å². The highest BCUT2D eigenvalue weighted by molar-refractivity contribution is 5.85. The first-order valence-electron chi connectivity index (χ1n) is 9.01. The Labute approximate surface area is 157 Å². The van der Waals surface area contributed by atoms with Crippen LogP contribution in [0.25, 0.3) is 0 Å². The second kappa shape index (κ2) is 10.3. The second-order valence-electron chi connectivity index (χ2n) is 6.57. The van der Waals surface area contributed by atoms with Gasteiger partial charge in [-0.15, -0.1) is 12.4 Å². The molecule has 0 aromatic heterocycles. The molecule has 0 saturated carbocycles. The first-order chi connectivity index (χ1) is 11.8. The predicted molar refractivity (Wildman–Crippen MR) is 105 cm³/mol. The van der Waals surface area contributed by atoms with Crippen molar-refractivity contribution in [3.63, 3.8) is 0 Å². The summed E-state index contributed by atoms with van der Waals surface area (Å²) >= 11 is 0. The highest BCUT2D eigenvalue weighted by Crippen LogP contribution is 2.21. The fourth-order valence-corrected chi connectivity index (χ4v) is 3.47. The number of hydrogen-bond acceptors (Lipinski definition) is 3. The Balaban J connectivity index is 0.00000225. The molecule has 2 aromatic rings. The molecule has 0 bridgehead atoms. The van der Waals surface area contributed by atoms with E-state index in [4.69, 9.17) is 4.74 Å². The van der Waals surface area contributed by atoms with Crippen LogP contribution < -0.4 is 4.74 Å². The molecule has 0 aliphatic carbocycles. The number of piperidine rings is 1. The van der Waals surface area contributed by atoms with Crippen LogP contribution in [0.1, 0.15) is 31.2 Å². The molecule has 136 valence electrons. The van der Waals surface area contributed by atoms with Gasteiger partial charge in [0.2, 0.25) is 0 Å². The summed E-state index contributed by atoms with van der Waals surface area (Å²) in [5, 5.41) is 9.29. The maximum Gasteiger partial charge on any atom is 0.119 e. The molecule has 3 rings (SSSR count). The number of halogens is 1. The zero-order valence-electron chi connectivity index (χ0n) is 14.6. The number of rotatable bonds is 7. The highest BCUT2D eigenvalue weighted by atomic mass is 35.5. The largest absolute Gasteiger partial charge is 0.508 e. The van der Waals surface area contributed by atoms with Crippen LogP contribution in [0.4, 0.5) is 0 Å². The van der Waals surface area contributed by atoms with Crippen molar-refractivity contribution in [3.8, 4) is 11.5 Å². The lowest BCUT2D eigenvalue weighted by Gasteiger charge is -2.36. The first kappa shape index (κ1) is 19.6. The summed E-state index contributed by atoms with van der Waals surface area (Å²) in [5.41, 5.74) is 1.44. The lowest BCUT2D eigenvalue weighted by molar-refractivity contribution is 0.136. The van der Waals surface area contributed by atoms with Gasteiger partial charge in [-0.05, 0) is 62.1 Å². The number of phenolic OH excluding ortho intramolecular Hbond substituents is 1. The van der Waals surface area contributed by atoms with E-state index in [1.165, 1.54) is 31.4 Å². The van der Waals surface area contributed by atoms with Crippen molar-refractivity contribution in [2.75, 3.05) is 19.7 Å². The second-order valence-corrected chi connectivity index (χ2v) is 6.57. The maximum atomic E-state index is 9.29. The Hall–Kier alpha value is -1.71. The van der Waals surface area contributed by atoms with Crippen molar-refractivity contribution >= 4 is 12.4 Å². The van der Waals surface area contributed by atoms with E-state index >= 15 is 0 Å². The van der Waals surface area contributed by atoms with E-state index < -0.39 is 0 Å². The number of likely N-dealkylation sites (tertiary alicyclic amines) is 1. The fourth-order valence-electron chi connectivity index (χ4n) is 3.47. The summed E-state index contributed by atoms with van der Waals surface area (Å²) < 4.78 is 5.77. The van der Waals surface area contributed by atoms with Crippen molar-refractivity contribution in [2.45, 2.75) is 38.1 Å². The molecule has 1 heterocycles. The van der Waals surface area contributed by atoms with Gasteiger partial charge in [0, 0.05) is 12.6 Å². The van der Waals surface area contributed by atoms with Gasteiger partial charge in [0.15, 0.2) is 0 Å². The van der Waals surface area contributed by atoms with Gasteiger partial charge in [-0.3, -0.25) is 4.90 Å². The molecule has 1 saturated heterocycles. The summed E-state index contributed by atoms with van der Waals surface area (Å²) in [6.07, 6.45) is 6.14. The Morgan fingerprint density at radius 1 is 1.00 bits per heavy atom. The summed E-state index contributed by atoms with van der Waals surface area (Å²) in [7, 11) is 0. The molecule has 4 heteroatoms. The van der Waals surface area contributed by atoms with E-state index in [1.807, 2.05) is 12.1 Å². The molecule has 1 fully saturated rings. The van der Waals surface area contributed by atoms with E-state index in [-0.39, 0.29) is 18.2 Å². The molecular formula is C21H28ClNO2. The minimum atomic E-state index is 0. The third kappa shape index (κ3) is 6.26. The minimum absolute atomic E-state index is 0. The minimum Gasteiger partial charge on any atom is -0.508 e. The van der Waals surface area contributed by atoms with Gasteiger partial charge in [0.1, 0.15) is 11.5 Å². The van der Waals surface area contributed by atoms with Crippen LogP contribution >= 0.6 is 12.4 Å². The Morgan fingerprint density at radius 2 is 1.76 bits per heavy atom. The van der Waals surface area contributed by atoms with Gasteiger partial charge in [-0.2, -0.15) is 0 Å². The highest BCUT2D eigenvalue weighted by Gasteiger charge is 2.22. The normalized spacial score (nSPS) is 17.7. The van der Waals surface area contributed by atoms with Crippen molar-refractivity contribution in [2.24, 2.45) is 0 Å². The SMILES string of the molecule is Cl.Oc1ccc(OCCCN2CCCCC2Cc2ccccc2)cc1. The van der Waals surface area contributed by atoms with Crippen LogP contribution in [0, 0.1) is 0 Å². The number of benzene rings is 2. The average Bonchev–Trinajstić information content (AvgIpc) is 2.62. The lowest BCUT2D eigenvalue weighted by Crippen LogP contribution is -2.41. The van der Waals surface area contributed by atoms with Gasteiger partial charge >= 0.3 is 0 Å². The van der Waals surface area contributed by atoms with E-state index in [0.29, 0.717) is 6.04 Å². The standard InChI is InChI=1S/C21H27NO2.ClH/c23-20-10-12-21(13-11-20)24-16-6-15-22-14-5-4-9-19(22)17-18-7-2-1-3-8-18;/h1-3,7-8,10-13,19,23H,4-6,9,14-17H2;1H. The molecule has 1 unspecified atom stereocenters. The molecule has 25 heavy (non-hydrogen) atoms. The maximum absolute atomic E-state index is 9.29. The summed E-state index contributed by atoms with van der Waals surface area (Å²) in [6.45, 7) is 3.02. The molecule has 1 aliphatic rings. The third-order valence-corrected chi connectivity index (χ3v) is 4.76. The molecule has 0 amide bonds. The number of aromatic hydroxyl groups is 1. The Morgan fingerprint density at radius 3 is 2.52 bits per heavy atom. The molecule has 1 aliphatic heterocycles. The number of hydrogen-bond donors (Lipinski definition) is 1. The van der Waals surface area contributed by atoms with Gasteiger partial charge < -0.3 is 9.84 Å². The average molecular weight is 362 g/mol. The summed E-state index contributed by atoms with van der Waals surface area (Å²) in [4.78, 5) is 2.64. The Kier molecular flexibility index (Phi) is 8.10. The monoisotopic (exact) mass is 361 g/mol. The molecule has 2 aromatic carbocycles. The number of nitrogens with zero attached hydrogens (tertiary/aromatic N) is 1. The third-order valence-electron chi connectivity index (χ3n) is 4.76. The lowest BCUT2D eigenvalue weighted by atomic mass is 9.95. The molecule has 0 radical (unpaired) electrons. The molecular weight excluding hydrogens is 334 g/mol. The van der Waals surface area contributed by atoms with Crippen LogP contribution in [0.5, 0.6) is 11.5 Å². The summed E-state index contributed by atoms with van der Waals surface area (Å²) in [5.74, 6) is 1.10. The molecule has 1 atom stereocenters. The first-order valence-corrected chi connectivity index (χ1v) is 9.01. The zero-order chi connectivity index (χ0) is 16.6. The zero-order valence-corrected chi connectivity index (χ0v) is 15.5. The van der Waals surface area contributed by atoms with E-state index in [0.717, 1.165) is 31.7 Å². The fraction of sp³-hybridized carbons (Fsp3) is 0.429.